The highest BCUT2D eigenvalue weighted by atomic mass is 16.5. The Balaban J connectivity index is 1.42. The number of rotatable bonds is 6. The number of benzene rings is 1. The Morgan fingerprint density at radius 3 is 2.77 bits per heavy atom. The molecule has 160 valence electrons. The van der Waals surface area contributed by atoms with E-state index in [9.17, 15) is 4.79 Å². The monoisotopic (exact) mass is 407 g/mol. The number of carbonyl (C=O) groups is 1. The lowest BCUT2D eigenvalue weighted by Gasteiger charge is -2.47. The van der Waals surface area contributed by atoms with Gasteiger partial charge in [0.25, 0.3) is 0 Å². The molecule has 30 heavy (non-hydrogen) atoms. The number of aromatic nitrogens is 1. The van der Waals surface area contributed by atoms with Crippen molar-refractivity contribution in [3.05, 3.63) is 65.5 Å². The van der Waals surface area contributed by atoms with E-state index < -0.39 is 0 Å². The van der Waals surface area contributed by atoms with Crippen LogP contribution >= 0.6 is 0 Å². The topological polar surface area (TPSA) is 54.5 Å². The molecule has 1 saturated heterocycles. The molecule has 0 saturated carbocycles. The summed E-state index contributed by atoms with van der Waals surface area (Å²) >= 11 is 0. The number of amides is 1. The second-order valence-electron chi connectivity index (χ2n) is 8.97. The molecule has 5 nitrogen and oxygen atoms in total. The minimum absolute atomic E-state index is 0.0550. The molecule has 1 unspecified atom stereocenters. The summed E-state index contributed by atoms with van der Waals surface area (Å²) in [4.78, 5) is 19.1. The fourth-order valence-corrected chi connectivity index (χ4v) is 4.87. The smallest absolute Gasteiger partial charge is 0.222 e. The first kappa shape index (κ1) is 21.0. The number of nitrogens with one attached hydrogen (secondary N) is 1. The van der Waals surface area contributed by atoms with E-state index in [1.807, 2.05) is 32.3 Å². The lowest BCUT2D eigenvalue weighted by molar-refractivity contribution is -0.150. The van der Waals surface area contributed by atoms with Gasteiger partial charge in [0.05, 0.1) is 18.1 Å². The average molecular weight is 408 g/mol. The molecule has 5 heteroatoms. The molecule has 1 aromatic carbocycles. The quantitative estimate of drug-likeness (QED) is 0.797. The molecule has 2 aromatic rings. The van der Waals surface area contributed by atoms with E-state index in [0.717, 1.165) is 45.3 Å². The molecule has 4 rings (SSSR count). The van der Waals surface area contributed by atoms with Gasteiger partial charge in [0, 0.05) is 38.1 Å². The Bertz CT molecular complexity index is 844. The lowest BCUT2D eigenvalue weighted by atomic mass is 9.78. The predicted molar refractivity (Wildman–Crippen MR) is 118 cm³/mol. The van der Waals surface area contributed by atoms with Crippen molar-refractivity contribution in [2.45, 2.75) is 63.7 Å². The molecule has 2 aliphatic heterocycles. The number of nitrogens with zero attached hydrogens (tertiary/aromatic N) is 2. The number of piperidine rings is 1. The summed E-state index contributed by atoms with van der Waals surface area (Å²) in [7, 11) is 0. The molecule has 1 amide bonds. The van der Waals surface area contributed by atoms with E-state index in [1.54, 1.807) is 0 Å². The average Bonchev–Trinajstić information content (AvgIpc) is 2.73. The summed E-state index contributed by atoms with van der Waals surface area (Å²) in [5.41, 5.74) is 3.70. The minimum Gasteiger partial charge on any atom is -0.366 e. The van der Waals surface area contributed by atoms with Crippen LogP contribution in [-0.2, 0) is 28.0 Å². The zero-order valence-electron chi connectivity index (χ0n) is 18.1. The van der Waals surface area contributed by atoms with Gasteiger partial charge in [-0.25, -0.2) is 0 Å². The van der Waals surface area contributed by atoms with Gasteiger partial charge >= 0.3 is 0 Å². The number of hydrogen-bond acceptors (Lipinski definition) is 4. The van der Waals surface area contributed by atoms with Gasteiger partial charge in [-0.15, -0.1) is 0 Å². The Kier molecular flexibility index (Phi) is 6.49. The molecule has 2 aliphatic rings. The van der Waals surface area contributed by atoms with Crippen LogP contribution in [0.5, 0.6) is 0 Å². The maximum Gasteiger partial charge on any atom is 0.222 e. The van der Waals surface area contributed by atoms with Crippen molar-refractivity contribution in [1.29, 1.82) is 0 Å². The van der Waals surface area contributed by atoms with Crippen molar-refractivity contribution < 1.29 is 9.53 Å². The maximum absolute atomic E-state index is 12.4. The first-order valence-electron chi connectivity index (χ1n) is 11.2. The largest absolute Gasteiger partial charge is 0.366 e. The Morgan fingerprint density at radius 1 is 1.23 bits per heavy atom. The van der Waals surface area contributed by atoms with Gasteiger partial charge in [0.15, 0.2) is 0 Å². The Hall–Kier alpha value is -2.24. The van der Waals surface area contributed by atoms with Crippen LogP contribution in [0.1, 0.15) is 49.8 Å². The molecule has 1 N–H and O–H groups in total. The third kappa shape index (κ3) is 4.90. The third-order valence-electron chi connectivity index (χ3n) is 6.31. The molecular formula is C25H33N3O2. The zero-order valence-corrected chi connectivity index (χ0v) is 18.1. The first-order valence-corrected chi connectivity index (χ1v) is 11.2. The van der Waals surface area contributed by atoms with Crippen molar-refractivity contribution in [2.24, 2.45) is 0 Å². The number of ether oxygens (including phenoxy) is 1. The number of pyridine rings is 1. The molecule has 1 fully saturated rings. The van der Waals surface area contributed by atoms with E-state index in [0.29, 0.717) is 6.42 Å². The molecule has 0 bridgehead atoms. The van der Waals surface area contributed by atoms with Crippen LogP contribution in [0.25, 0.3) is 0 Å². The number of likely N-dealkylation sites (tertiary alicyclic amines) is 1. The second kappa shape index (κ2) is 9.27. The summed E-state index contributed by atoms with van der Waals surface area (Å²) < 4.78 is 6.71. The third-order valence-corrected chi connectivity index (χ3v) is 6.31. The molecule has 1 spiro atoms. The van der Waals surface area contributed by atoms with Crippen molar-refractivity contribution in [1.82, 2.24) is 15.2 Å². The SMILES string of the molecule is CC(C)NC(=O)CC1Cc2ccccc2C2(CCN(CCc3cccnc3)CC2)O1. The number of carbonyl (C=O) groups excluding carboxylic acids is 1. The van der Waals surface area contributed by atoms with Crippen molar-refractivity contribution >= 4 is 5.91 Å². The van der Waals surface area contributed by atoms with Crippen LogP contribution in [0.2, 0.25) is 0 Å². The predicted octanol–water partition coefficient (Wildman–Crippen LogP) is 3.47. The van der Waals surface area contributed by atoms with Crippen LogP contribution in [0.3, 0.4) is 0 Å². The molecule has 1 aromatic heterocycles. The van der Waals surface area contributed by atoms with E-state index in [1.165, 1.54) is 16.7 Å². The summed E-state index contributed by atoms with van der Waals surface area (Å²) in [6, 6.07) is 13.0. The highest BCUT2D eigenvalue weighted by Crippen LogP contribution is 2.43. The van der Waals surface area contributed by atoms with Crippen molar-refractivity contribution in [3.8, 4) is 0 Å². The van der Waals surface area contributed by atoms with Gasteiger partial charge in [-0.05, 0) is 62.3 Å². The summed E-state index contributed by atoms with van der Waals surface area (Å²) in [6.07, 6.45) is 7.94. The summed E-state index contributed by atoms with van der Waals surface area (Å²) in [6.45, 7) is 7.07. The van der Waals surface area contributed by atoms with E-state index in [2.05, 4.69) is 45.5 Å². The van der Waals surface area contributed by atoms with Gasteiger partial charge in [0.2, 0.25) is 5.91 Å². The lowest BCUT2D eigenvalue weighted by Crippen LogP contribution is -2.50. The number of hydrogen-bond donors (Lipinski definition) is 1. The molecule has 0 radical (unpaired) electrons. The van der Waals surface area contributed by atoms with Crippen LogP contribution in [-0.4, -0.2) is 47.6 Å². The maximum atomic E-state index is 12.4. The summed E-state index contributed by atoms with van der Waals surface area (Å²) in [5, 5.41) is 3.01. The van der Waals surface area contributed by atoms with E-state index in [-0.39, 0.29) is 23.7 Å². The van der Waals surface area contributed by atoms with E-state index >= 15 is 0 Å². The Labute approximate surface area is 179 Å². The standard InChI is InChI=1S/C25H33N3O2/c1-19(2)27-24(29)17-22-16-21-7-3-4-8-23(21)25(30-22)10-14-28(15-11-25)13-9-20-6-5-12-26-18-20/h3-8,12,18-19,22H,9-11,13-17H2,1-2H3,(H,27,29). The number of fused-ring (bicyclic) bond motifs is 2. The molecular weight excluding hydrogens is 374 g/mol. The van der Waals surface area contributed by atoms with E-state index in [4.69, 9.17) is 4.74 Å². The van der Waals surface area contributed by atoms with Crippen LogP contribution in [0, 0.1) is 0 Å². The van der Waals surface area contributed by atoms with Crippen molar-refractivity contribution in [2.75, 3.05) is 19.6 Å². The molecule has 0 aliphatic carbocycles. The van der Waals surface area contributed by atoms with Gasteiger partial charge in [0.1, 0.15) is 0 Å². The normalized spacial score (nSPS) is 20.8. The fourth-order valence-electron chi connectivity index (χ4n) is 4.87. The van der Waals surface area contributed by atoms with Crippen LogP contribution in [0.4, 0.5) is 0 Å². The summed E-state index contributed by atoms with van der Waals surface area (Å²) in [5.74, 6) is 0.0819. The van der Waals surface area contributed by atoms with Crippen LogP contribution < -0.4 is 5.32 Å². The Morgan fingerprint density at radius 2 is 2.03 bits per heavy atom. The van der Waals surface area contributed by atoms with Gasteiger partial charge < -0.3 is 15.0 Å². The highest BCUT2D eigenvalue weighted by Gasteiger charge is 2.43. The van der Waals surface area contributed by atoms with Gasteiger partial charge in [-0.3, -0.25) is 9.78 Å². The fraction of sp³-hybridized carbons (Fsp3) is 0.520. The zero-order chi connectivity index (χ0) is 21.0. The van der Waals surface area contributed by atoms with Crippen molar-refractivity contribution in [3.63, 3.8) is 0 Å². The first-order chi connectivity index (χ1) is 14.5. The second-order valence-corrected chi connectivity index (χ2v) is 8.97. The minimum atomic E-state index is -0.261. The van der Waals surface area contributed by atoms with Gasteiger partial charge in [-0.1, -0.05) is 30.3 Å². The van der Waals surface area contributed by atoms with Gasteiger partial charge in [-0.2, -0.15) is 0 Å². The molecule has 3 heterocycles. The highest BCUT2D eigenvalue weighted by molar-refractivity contribution is 5.76. The van der Waals surface area contributed by atoms with Crippen LogP contribution in [0.15, 0.2) is 48.8 Å². The molecule has 1 atom stereocenters.